The Morgan fingerprint density at radius 2 is 1.66 bits per heavy atom. The van der Waals surface area contributed by atoms with E-state index in [1.54, 1.807) is 50.6 Å². The molecule has 1 aliphatic rings. The number of benzene rings is 2. The number of anilines is 1. The quantitative estimate of drug-likeness (QED) is 0.462. The maximum atomic E-state index is 13.1. The van der Waals surface area contributed by atoms with Gasteiger partial charge in [-0.3, -0.25) is 19.8 Å². The second-order valence-corrected chi connectivity index (χ2v) is 6.56. The third-order valence-corrected chi connectivity index (χ3v) is 4.83. The summed E-state index contributed by atoms with van der Waals surface area (Å²) >= 11 is 5.22. The Bertz CT molecular complexity index is 1010. The van der Waals surface area contributed by atoms with Crippen molar-refractivity contribution in [1.29, 1.82) is 0 Å². The number of nitrogens with one attached hydrogen (secondary N) is 1. The van der Waals surface area contributed by atoms with E-state index < -0.39 is 11.8 Å². The van der Waals surface area contributed by atoms with Crippen LogP contribution < -0.4 is 24.4 Å². The number of carbonyl (C=O) groups is 2. The minimum atomic E-state index is -0.569. The Balaban J connectivity index is 2.05. The molecule has 1 aliphatic heterocycles. The summed E-state index contributed by atoms with van der Waals surface area (Å²) in [6.45, 7) is 1.83. The lowest BCUT2D eigenvalue weighted by Gasteiger charge is -2.29. The number of ether oxygens (including phenoxy) is 3. The van der Waals surface area contributed by atoms with Crippen molar-refractivity contribution >= 4 is 40.9 Å². The SMILES string of the molecule is COc1ccc(N2C(=O)/C(=C\c3ccc(OC)c(C)c3OC)C(=O)NC2=S)cc1. The smallest absolute Gasteiger partial charge is 0.270 e. The van der Waals surface area contributed by atoms with E-state index in [1.165, 1.54) is 18.1 Å². The Labute approximate surface area is 173 Å². The predicted molar refractivity (Wildman–Crippen MR) is 113 cm³/mol. The van der Waals surface area contributed by atoms with Gasteiger partial charge in [0.25, 0.3) is 11.8 Å². The Kier molecular flexibility index (Phi) is 5.84. The number of thiocarbonyl (C=S) groups is 1. The molecule has 7 nitrogen and oxygen atoms in total. The van der Waals surface area contributed by atoms with Crippen molar-refractivity contribution < 1.29 is 23.8 Å². The molecule has 8 heteroatoms. The van der Waals surface area contributed by atoms with E-state index in [1.807, 2.05) is 6.92 Å². The monoisotopic (exact) mass is 412 g/mol. The molecule has 0 atom stereocenters. The molecule has 0 bridgehead atoms. The van der Waals surface area contributed by atoms with Gasteiger partial charge in [0.05, 0.1) is 27.0 Å². The molecule has 1 heterocycles. The van der Waals surface area contributed by atoms with Gasteiger partial charge in [-0.25, -0.2) is 0 Å². The number of hydrogen-bond acceptors (Lipinski definition) is 6. The van der Waals surface area contributed by atoms with E-state index in [0.29, 0.717) is 28.5 Å². The zero-order valence-electron chi connectivity index (χ0n) is 16.4. The summed E-state index contributed by atoms with van der Waals surface area (Å²) in [6.07, 6.45) is 1.49. The number of carbonyl (C=O) groups excluding carboxylic acids is 2. The number of amides is 2. The molecule has 0 radical (unpaired) electrons. The van der Waals surface area contributed by atoms with E-state index in [9.17, 15) is 9.59 Å². The third kappa shape index (κ3) is 3.79. The van der Waals surface area contributed by atoms with Gasteiger partial charge >= 0.3 is 0 Å². The first-order valence-electron chi connectivity index (χ1n) is 8.68. The largest absolute Gasteiger partial charge is 0.497 e. The lowest BCUT2D eigenvalue weighted by molar-refractivity contribution is -0.122. The minimum absolute atomic E-state index is 0.0141. The van der Waals surface area contributed by atoms with Crippen LogP contribution in [0.3, 0.4) is 0 Å². The van der Waals surface area contributed by atoms with Crippen LogP contribution in [0.15, 0.2) is 42.0 Å². The van der Waals surface area contributed by atoms with Gasteiger partial charge in [-0.05, 0) is 61.6 Å². The van der Waals surface area contributed by atoms with Crippen LogP contribution in [0.4, 0.5) is 5.69 Å². The van der Waals surface area contributed by atoms with E-state index in [4.69, 9.17) is 26.4 Å². The summed E-state index contributed by atoms with van der Waals surface area (Å²) in [5.41, 5.74) is 1.80. The fraction of sp³-hybridized carbons (Fsp3) is 0.190. The van der Waals surface area contributed by atoms with Crippen LogP contribution in [-0.4, -0.2) is 38.3 Å². The molecule has 0 aliphatic carbocycles. The van der Waals surface area contributed by atoms with Crippen molar-refractivity contribution in [2.45, 2.75) is 6.92 Å². The van der Waals surface area contributed by atoms with Crippen molar-refractivity contribution in [2.24, 2.45) is 0 Å². The van der Waals surface area contributed by atoms with Crippen molar-refractivity contribution in [3.63, 3.8) is 0 Å². The zero-order chi connectivity index (χ0) is 21.1. The maximum absolute atomic E-state index is 13.1. The topological polar surface area (TPSA) is 77.1 Å². The first kappa shape index (κ1) is 20.3. The molecule has 0 spiro atoms. The van der Waals surface area contributed by atoms with Crippen LogP contribution in [-0.2, 0) is 9.59 Å². The van der Waals surface area contributed by atoms with Crippen molar-refractivity contribution in [1.82, 2.24) is 5.32 Å². The van der Waals surface area contributed by atoms with Gasteiger partial charge in [0.2, 0.25) is 0 Å². The number of methoxy groups -OCH3 is 3. The molecule has 2 aromatic rings. The summed E-state index contributed by atoms with van der Waals surface area (Å²) in [5.74, 6) is 0.702. The molecular weight excluding hydrogens is 392 g/mol. The van der Waals surface area contributed by atoms with Gasteiger partial charge in [0.15, 0.2) is 5.11 Å². The van der Waals surface area contributed by atoms with Crippen LogP contribution in [0, 0.1) is 6.92 Å². The standard InChI is InChI=1S/C21H20N2O5S/c1-12-17(27-3)10-5-13(18(12)28-4)11-16-19(24)22-21(29)23(20(16)25)14-6-8-15(26-2)9-7-14/h5-11H,1-4H3,(H,22,24,29)/b16-11-. The fourth-order valence-electron chi connectivity index (χ4n) is 3.08. The van der Waals surface area contributed by atoms with Crippen molar-refractivity contribution in [3.05, 3.63) is 53.1 Å². The van der Waals surface area contributed by atoms with Gasteiger partial charge in [0, 0.05) is 11.1 Å². The average Bonchev–Trinajstić information content (AvgIpc) is 2.71. The highest BCUT2D eigenvalue weighted by Crippen LogP contribution is 2.33. The van der Waals surface area contributed by atoms with Crippen LogP contribution in [0.1, 0.15) is 11.1 Å². The van der Waals surface area contributed by atoms with Crippen LogP contribution in [0.2, 0.25) is 0 Å². The van der Waals surface area contributed by atoms with E-state index in [0.717, 1.165) is 5.56 Å². The zero-order valence-corrected chi connectivity index (χ0v) is 17.3. The van der Waals surface area contributed by atoms with Crippen LogP contribution >= 0.6 is 12.2 Å². The molecule has 0 saturated carbocycles. The molecule has 1 N–H and O–H groups in total. The molecule has 3 rings (SSSR count). The second kappa shape index (κ2) is 8.32. The van der Waals surface area contributed by atoms with Crippen LogP contribution in [0.5, 0.6) is 17.2 Å². The van der Waals surface area contributed by atoms with Crippen molar-refractivity contribution in [3.8, 4) is 17.2 Å². The number of hydrogen-bond donors (Lipinski definition) is 1. The van der Waals surface area contributed by atoms with Gasteiger partial charge in [-0.2, -0.15) is 0 Å². The summed E-state index contributed by atoms with van der Waals surface area (Å²) in [7, 11) is 4.63. The third-order valence-electron chi connectivity index (χ3n) is 4.54. The number of rotatable bonds is 5. The van der Waals surface area contributed by atoms with Crippen LogP contribution in [0.25, 0.3) is 6.08 Å². The summed E-state index contributed by atoms with van der Waals surface area (Å²) < 4.78 is 15.9. The molecular formula is C21H20N2O5S. The highest BCUT2D eigenvalue weighted by molar-refractivity contribution is 7.80. The minimum Gasteiger partial charge on any atom is -0.497 e. The van der Waals surface area contributed by atoms with Gasteiger partial charge < -0.3 is 14.2 Å². The molecule has 2 aromatic carbocycles. The fourth-order valence-corrected chi connectivity index (χ4v) is 3.36. The Morgan fingerprint density at radius 1 is 0.966 bits per heavy atom. The molecule has 0 unspecified atom stereocenters. The normalized spacial score (nSPS) is 15.4. The van der Waals surface area contributed by atoms with E-state index in [-0.39, 0.29) is 10.7 Å². The molecule has 29 heavy (non-hydrogen) atoms. The number of nitrogens with zero attached hydrogens (tertiary/aromatic N) is 1. The van der Waals surface area contributed by atoms with Gasteiger partial charge in [0.1, 0.15) is 22.8 Å². The first-order chi connectivity index (χ1) is 13.9. The molecule has 150 valence electrons. The Morgan fingerprint density at radius 3 is 2.24 bits per heavy atom. The molecule has 1 saturated heterocycles. The first-order valence-corrected chi connectivity index (χ1v) is 9.09. The highest BCUT2D eigenvalue weighted by Gasteiger charge is 2.34. The Hall–Kier alpha value is -3.39. The molecule has 1 fully saturated rings. The summed E-state index contributed by atoms with van der Waals surface area (Å²) in [6, 6.07) is 10.3. The molecule has 0 aromatic heterocycles. The maximum Gasteiger partial charge on any atom is 0.270 e. The highest BCUT2D eigenvalue weighted by atomic mass is 32.1. The average molecular weight is 412 g/mol. The van der Waals surface area contributed by atoms with E-state index in [2.05, 4.69) is 5.32 Å². The summed E-state index contributed by atoms with van der Waals surface area (Å²) in [5, 5.41) is 2.58. The molecule has 2 amide bonds. The second-order valence-electron chi connectivity index (χ2n) is 6.17. The van der Waals surface area contributed by atoms with Gasteiger partial charge in [-0.15, -0.1) is 0 Å². The lowest BCUT2D eigenvalue weighted by Crippen LogP contribution is -2.54. The lowest BCUT2D eigenvalue weighted by atomic mass is 10.0. The van der Waals surface area contributed by atoms with Crippen molar-refractivity contribution in [2.75, 3.05) is 26.2 Å². The summed E-state index contributed by atoms with van der Waals surface area (Å²) in [4.78, 5) is 26.9. The van der Waals surface area contributed by atoms with Gasteiger partial charge in [-0.1, -0.05) is 0 Å². The van der Waals surface area contributed by atoms with E-state index >= 15 is 0 Å². The predicted octanol–water partition coefficient (Wildman–Crippen LogP) is 2.85.